The van der Waals surface area contributed by atoms with Crippen LogP contribution in [0.3, 0.4) is 0 Å². The van der Waals surface area contributed by atoms with Crippen LogP contribution in [0, 0.1) is 19.3 Å². The summed E-state index contributed by atoms with van der Waals surface area (Å²) < 4.78 is 5.98. The van der Waals surface area contributed by atoms with E-state index in [0.717, 1.165) is 30.4 Å². The summed E-state index contributed by atoms with van der Waals surface area (Å²) in [5, 5.41) is 11.9. The number of phenolic OH excluding ortho intramolecular Hbond substituents is 1. The Morgan fingerprint density at radius 1 is 0.313 bits per heavy atom. The lowest BCUT2D eigenvalue weighted by Gasteiger charge is -2.44. The van der Waals surface area contributed by atoms with Crippen LogP contribution in [0.25, 0.3) is 0 Å². The smallest absolute Gasteiger partial charge is 0.391 e. The van der Waals surface area contributed by atoms with Crippen LogP contribution in [0.1, 0.15) is 424 Å². The summed E-state index contributed by atoms with van der Waals surface area (Å²) in [4.78, 5) is 20.8. The van der Waals surface area contributed by atoms with Gasteiger partial charge in [-0.3, -0.25) is 0 Å². The van der Waals surface area contributed by atoms with Crippen LogP contribution >= 0.6 is 8.60 Å². The van der Waals surface area contributed by atoms with E-state index in [2.05, 4.69) is 107 Å². The van der Waals surface area contributed by atoms with Gasteiger partial charge in [-0.25, -0.2) is 0 Å². The quantitative estimate of drug-likeness (QED) is 0.0456. The van der Waals surface area contributed by atoms with E-state index < -0.39 is 8.60 Å². The molecule has 83 heavy (non-hydrogen) atoms. The Morgan fingerprint density at radius 3 is 0.867 bits per heavy atom. The van der Waals surface area contributed by atoms with Gasteiger partial charge in [0, 0.05) is 11.0 Å². The van der Waals surface area contributed by atoms with E-state index in [4.69, 9.17) is 4.52 Å². The van der Waals surface area contributed by atoms with Crippen LogP contribution < -0.4 is 4.52 Å². The molecule has 1 atom stereocenters. The van der Waals surface area contributed by atoms with Crippen LogP contribution in [0.4, 0.5) is 0 Å². The molecular formula is C78H143O4P. The van der Waals surface area contributed by atoms with Crippen LogP contribution in [-0.4, -0.2) is 14.9 Å². The second-order valence-electron chi connectivity index (χ2n) is 29.4. The predicted molar refractivity (Wildman–Crippen MR) is 370 cm³/mol. The Morgan fingerprint density at radius 2 is 0.578 bits per heavy atom. The second kappa shape index (κ2) is 46.5. The molecule has 1 unspecified atom stereocenters. The average Bonchev–Trinajstić information content (AvgIpc) is 1.30. The summed E-state index contributed by atoms with van der Waals surface area (Å²) in [7, 11) is -2.58. The zero-order valence-electron chi connectivity index (χ0n) is 57.9. The van der Waals surface area contributed by atoms with Gasteiger partial charge in [-0.1, -0.05) is 364 Å². The first kappa shape index (κ1) is 77.5. The van der Waals surface area contributed by atoms with Gasteiger partial charge in [-0.2, -0.15) is 0 Å². The van der Waals surface area contributed by atoms with E-state index in [1.807, 2.05) is 0 Å². The van der Waals surface area contributed by atoms with Crippen molar-refractivity contribution in [2.45, 2.75) is 420 Å². The number of benzene rings is 2. The fourth-order valence-electron chi connectivity index (χ4n) is 14.4. The standard InChI is InChI=1S/C78H143O4P/c1-13-17-21-25-29-33-37-41-45-49-53-57-77(58-54-50-46-42-38-34-30-26-22-18-14-2,59-55-51-47-43-39-35-31-27-23-19-15-3)61-62-78(60-56-52-48-44-40-36-32-28-24-20-16-4,69-65-71(75(7,8)9)73(79)63-67(69)5)70-66-72(76(10,11)12)74(64-68(70)6)82-83(80)81/h63-66,79-81H,13-62H2,1-12H3. The van der Waals surface area contributed by atoms with Gasteiger partial charge in [0.05, 0.1) is 0 Å². The summed E-state index contributed by atoms with van der Waals surface area (Å²) in [5.74, 6) is 1.01. The minimum absolute atomic E-state index is 0.236. The highest BCUT2D eigenvalue weighted by molar-refractivity contribution is 7.39. The molecule has 0 fully saturated rings. The van der Waals surface area contributed by atoms with Crippen molar-refractivity contribution in [2.75, 3.05) is 0 Å². The highest BCUT2D eigenvalue weighted by atomic mass is 31.2. The highest BCUT2D eigenvalue weighted by Gasteiger charge is 2.42. The van der Waals surface area contributed by atoms with Crippen LogP contribution in [0.2, 0.25) is 0 Å². The van der Waals surface area contributed by atoms with E-state index in [-0.39, 0.29) is 21.7 Å². The van der Waals surface area contributed by atoms with Gasteiger partial charge >= 0.3 is 8.60 Å². The van der Waals surface area contributed by atoms with Crippen molar-refractivity contribution >= 4 is 8.60 Å². The first-order chi connectivity index (χ1) is 39.9. The van der Waals surface area contributed by atoms with Gasteiger partial charge in [0.15, 0.2) is 0 Å². The van der Waals surface area contributed by atoms with E-state index in [0.29, 0.717) is 11.5 Å². The SMILES string of the molecule is CCCCCCCCCCCCCC(CCCCCCCCCCCCC)(CCCCCCCCCCCCC)CCC(CCCCCCCCCCCCC)(c1cc(C(C)(C)C)c(O)cc1C)c1cc(C(C)(C)C)c(OP(O)O)cc1C. The van der Waals surface area contributed by atoms with Gasteiger partial charge in [0.2, 0.25) is 0 Å². The largest absolute Gasteiger partial charge is 0.508 e. The number of aromatic hydroxyl groups is 1. The van der Waals surface area contributed by atoms with E-state index >= 15 is 0 Å². The molecular weight excluding hydrogens is 1030 g/mol. The molecule has 0 heterocycles. The molecule has 2 aromatic carbocycles. The number of hydrogen-bond donors (Lipinski definition) is 3. The maximum absolute atomic E-state index is 11.9. The molecule has 0 spiro atoms. The number of unbranched alkanes of at least 4 members (excludes halogenated alkanes) is 40. The molecule has 0 radical (unpaired) electrons. The third-order valence-corrected chi connectivity index (χ3v) is 20.1. The van der Waals surface area contributed by atoms with Gasteiger partial charge < -0.3 is 19.4 Å². The Hall–Kier alpha value is -1.61. The predicted octanol–water partition coefficient (Wildman–Crippen LogP) is 27.1. The zero-order chi connectivity index (χ0) is 61.1. The molecule has 0 saturated carbocycles. The third kappa shape index (κ3) is 33.5. The van der Waals surface area contributed by atoms with Crippen LogP contribution in [-0.2, 0) is 16.2 Å². The molecule has 2 aromatic rings. The van der Waals surface area contributed by atoms with Crippen molar-refractivity contribution in [1.29, 1.82) is 0 Å². The lowest BCUT2D eigenvalue weighted by molar-refractivity contribution is 0.158. The van der Waals surface area contributed by atoms with Crippen molar-refractivity contribution in [3.05, 3.63) is 57.6 Å². The number of phenols is 1. The molecule has 0 aliphatic rings. The summed E-state index contributed by atoms with van der Waals surface area (Å²) in [6.07, 6.45) is 67.6. The van der Waals surface area contributed by atoms with Gasteiger partial charge in [-0.15, -0.1) is 0 Å². The van der Waals surface area contributed by atoms with E-state index in [1.165, 1.54) is 324 Å². The maximum Gasteiger partial charge on any atom is 0.391 e. The topological polar surface area (TPSA) is 69.9 Å². The minimum atomic E-state index is -2.58. The summed E-state index contributed by atoms with van der Waals surface area (Å²) in [6.45, 7) is 27.4. The summed E-state index contributed by atoms with van der Waals surface area (Å²) in [5.41, 5.74) is 6.63. The Bertz CT molecular complexity index is 1790. The summed E-state index contributed by atoms with van der Waals surface area (Å²) >= 11 is 0. The fourth-order valence-corrected chi connectivity index (χ4v) is 14.7. The molecule has 2 rings (SSSR count). The molecule has 0 aliphatic carbocycles. The average molecular weight is 1180 g/mol. The molecule has 0 aliphatic heterocycles. The molecule has 484 valence electrons. The Kier molecular flexibility index (Phi) is 43.4. The number of aryl methyl sites for hydroxylation is 2. The molecule has 3 N–H and O–H groups in total. The zero-order valence-corrected chi connectivity index (χ0v) is 58.8. The highest BCUT2D eigenvalue weighted by Crippen LogP contribution is 2.53. The molecule has 0 amide bonds. The normalized spacial score (nSPS) is 13.2. The van der Waals surface area contributed by atoms with Crippen LogP contribution in [0.15, 0.2) is 24.3 Å². The van der Waals surface area contributed by atoms with Gasteiger partial charge in [-0.05, 0) is 109 Å². The van der Waals surface area contributed by atoms with Crippen molar-refractivity contribution in [3.63, 3.8) is 0 Å². The molecule has 0 bridgehead atoms. The lowest BCUT2D eigenvalue weighted by Crippen LogP contribution is -2.34. The lowest BCUT2D eigenvalue weighted by atomic mass is 9.60. The Balaban J connectivity index is 2.81. The number of hydrogen-bond acceptors (Lipinski definition) is 4. The molecule has 5 heteroatoms. The molecule has 0 saturated heterocycles. The van der Waals surface area contributed by atoms with Crippen molar-refractivity contribution in [1.82, 2.24) is 0 Å². The van der Waals surface area contributed by atoms with E-state index in [1.54, 1.807) is 0 Å². The van der Waals surface area contributed by atoms with Crippen molar-refractivity contribution in [3.8, 4) is 11.5 Å². The third-order valence-electron chi connectivity index (χ3n) is 19.7. The summed E-state index contributed by atoms with van der Waals surface area (Å²) in [6, 6.07) is 9.19. The first-order valence-corrected chi connectivity index (χ1v) is 37.9. The van der Waals surface area contributed by atoms with Gasteiger partial charge in [0.1, 0.15) is 11.5 Å². The maximum atomic E-state index is 11.9. The van der Waals surface area contributed by atoms with Crippen molar-refractivity contribution < 1.29 is 19.4 Å². The second-order valence-corrected chi connectivity index (χ2v) is 30.1. The van der Waals surface area contributed by atoms with Gasteiger partial charge in [0.25, 0.3) is 0 Å². The van der Waals surface area contributed by atoms with Crippen molar-refractivity contribution in [2.24, 2.45) is 5.41 Å². The Labute approximate surface area is 520 Å². The molecule has 4 nitrogen and oxygen atoms in total. The monoisotopic (exact) mass is 1180 g/mol. The number of rotatable bonds is 55. The van der Waals surface area contributed by atoms with Crippen LogP contribution in [0.5, 0.6) is 11.5 Å². The molecule has 0 aromatic heterocycles. The minimum Gasteiger partial charge on any atom is -0.508 e. The van der Waals surface area contributed by atoms with E-state index in [9.17, 15) is 14.9 Å². The fraction of sp³-hybridized carbons (Fsp3) is 0.846. The first-order valence-electron chi connectivity index (χ1n) is 36.8.